The van der Waals surface area contributed by atoms with Crippen molar-refractivity contribution in [2.24, 2.45) is 0 Å². The number of hydrogen-bond acceptors (Lipinski definition) is 6. The Labute approximate surface area is 190 Å². The molecule has 0 fully saturated rings. The van der Waals surface area contributed by atoms with Crippen LogP contribution in [0.15, 0.2) is 78.9 Å². The van der Waals surface area contributed by atoms with Gasteiger partial charge in [-0.1, -0.05) is 53.5 Å². The van der Waals surface area contributed by atoms with Crippen LogP contribution in [0.3, 0.4) is 0 Å². The van der Waals surface area contributed by atoms with Crippen molar-refractivity contribution in [1.82, 2.24) is 0 Å². The minimum atomic E-state index is -0.681. The van der Waals surface area contributed by atoms with Crippen LogP contribution in [0.2, 0.25) is 10.0 Å². The van der Waals surface area contributed by atoms with E-state index < -0.39 is 12.0 Å². The number of nitrogens with zero attached hydrogens (tertiary/aromatic N) is 4. The van der Waals surface area contributed by atoms with E-state index in [2.05, 4.69) is 6.19 Å². The van der Waals surface area contributed by atoms with Crippen LogP contribution >= 0.6 is 23.2 Å². The SMILES string of the molecule is N#CN(OC(=O)CC(c1ccccc1)N(C#N)c1ccc(Cl)cc1)c1ccc(Cl)cc1. The Morgan fingerprint density at radius 2 is 1.39 bits per heavy atom. The average molecular weight is 451 g/mol. The molecule has 0 N–H and O–H groups in total. The van der Waals surface area contributed by atoms with E-state index >= 15 is 0 Å². The van der Waals surface area contributed by atoms with Crippen molar-refractivity contribution in [3.63, 3.8) is 0 Å². The van der Waals surface area contributed by atoms with E-state index in [0.29, 0.717) is 21.4 Å². The normalized spacial score (nSPS) is 11.0. The van der Waals surface area contributed by atoms with Crippen molar-refractivity contribution in [3.05, 3.63) is 94.5 Å². The van der Waals surface area contributed by atoms with Gasteiger partial charge in [0, 0.05) is 10.0 Å². The first-order valence-electron chi connectivity index (χ1n) is 9.17. The average Bonchev–Trinajstić information content (AvgIpc) is 2.79. The molecule has 154 valence electrons. The van der Waals surface area contributed by atoms with Gasteiger partial charge in [0.25, 0.3) is 0 Å². The molecular formula is C23H16Cl2N4O2. The van der Waals surface area contributed by atoms with Crippen molar-refractivity contribution >= 4 is 40.5 Å². The third-order valence-corrected chi connectivity index (χ3v) is 4.92. The third kappa shape index (κ3) is 5.67. The van der Waals surface area contributed by atoms with Crippen molar-refractivity contribution in [3.8, 4) is 12.4 Å². The number of nitriles is 2. The first-order chi connectivity index (χ1) is 15.0. The number of hydroxylamine groups is 1. The Morgan fingerprint density at radius 3 is 1.90 bits per heavy atom. The van der Waals surface area contributed by atoms with E-state index in [-0.39, 0.29) is 6.42 Å². The lowest BCUT2D eigenvalue weighted by molar-refractivity contribution is -0.144. The highest BCUT2D eigenvalue weighted by Gasteiger charge is 2.26. The number of carbonyl (C=O) groups is 1. The fourth-order valence-electron chi connectivity index (χ4n) is 2.95. The van der Waals surface area contributed by atoms with Gasteiger partial charge in [0.1, 0.15) is 0 Å². The maximum absolute atomic E-state index is 12.7. The summed E-state index contributed by atoms with van der Waals surface area (Å²) in [5.41, 5.74) is 1.67. The molecule has 8 heteroatoms. The van der Waals surface area contributed by atoms with Gasteiger partial charge in [-0.25, -0.2) is 4.79 Å². The molecule has 6 nitrogen and oxygen atoms in total. The topological polar surface area (TPSA) is 80.4 Å². The van der Waals surface area contributed by atoms with E-state index in [4.69, 9.17) is 28.0 Å². The smallest absolute Gasteiger partial charge is 0.326 e. The molecular weight excluding hydrogens is 435 g/mol. The van der Waals surface area contributed by atoms with Crippen LogP contribution in [0.25, 0.3) is 0 Å². The van der Waals surface area contributed by atoms with Gasteiger partial charge in [-0.05, 0) is 54.1 Å². The van der Waals surface area contributed by atoms with Gasteiger partial charge in [0.05, 0.1) is 23.8 Å². The zero-order chi connectivity index (χ0) is 22.2. The summed E-state index contributed by atoms with van der Waals surface area (Å²) in [6.45, 7) is 0. The molecule has 0 spiro atoms. The second-order valence-corrected chi connectivity index (χ2v) is 7.28. The van der Waals surface area contributed by atoms with Gasteiger partial charge < -0.3 is 4.84 Å². The standard InChI is InChI=1S/C23H16Cl2N4O2/c24-18-6-10-20(11-7-18)28(15-26)22(17-4-2-1-3-5-17)14-23(30)31-29(16-27)21-12-8-19(25)9-13-21/h1-13,22H,14H2. The second-order valence-electron chi connectivity index (χ2n) is 6.41. The van der Waals surface area contributed by atoms with Crippen LogP contribution in [-0.2, 0) is 9.63 Å². The highest BCUT2D eigenvalue weighted by atomic mass is 35.5. The van der Waals surface area contributed by atoms with Crippen molar-refractivity contribution in [1.29, 1.82) is 10.5 Å². The highest BCUT2D eigenvalue weighted by Crippen LogP contribution is 2.31. The van der Waals surface area contributed by atoms with E-state index in [9.17, 15) is 15.3 Å². The van der Waals surface area contributed by atoms with Crippen LogP contribution in [0, 0.1) is 22.9 Å². The molecule has 0 bridgehead atoms. The number of anilines is 2. The minimum absolute atomic E-state index is 0.175. The van der Waals surface area contributed by atoms with Crippen LogP contribution in [0.4, 0.5) is 11.4 Å². The summed E-state index contributed by atoms with van der Waals surface area (Å²) in [4.78, 5) is 19.4. The molecule has 3 rings (SSSR count). The predicted molar refractivity (Wildman–Crippen MR) is 119 cm³/mol. The maximum atomic E-state index is 12.7. The Balaban J connectivity index is 1.85. The summed E-state index contributed by atoms with van der Waals surface area (Å²) in [5.74, 6) is -0.681. The van der Waals surface area contributed by atoms with Gasteiger partial charge in [-0.2, -0.15) is 10.5 Å². The van der Waals surface area contributed by atoms with Crippen LogP contribution in [0.1, 0.15) is 18.0 Å². The Kier molecular flexibility index (Phi) is 7.35. The molecule has 0 radical (unpaired) electrons. The molecule has 0 saturated carbocycles. The molecule has 0 heterocycles. The molecule has 0 aromatic heterocycles. The first kappa shape index (κ1) is 22.0. The molecule has 1 unspecified atom stereocenters. The van der Waals surface area contributed by atoms with Gasteiger partial charge >= 0.3 is 5.97 Å². The largest absolute Gasteiger partial charge is 0.336 e. The zero-order valence-corrected chi connectivity index (χ0v) is 17.7. The predicted octanol–water partition coefficient (Wildman–Crippen LogP) is 5.86. The number of halogens is 2. The van der Waals surface area contributed by atoms with E-state index in [0.717, 1.165) is 10.6 Å². The fourth-order valence-corrected chi connectivity index (χ4v) is 3.20. The summed E-state index contributed by atoms with van der Waals surface area (Å²) in [5, 5.41) is 21.1. The van der Waals surface area contributed by atoms with E-state index in [1.165, 1.54) is 4.90 Å². The monoisotopic (exact) mass is 450 g/mol. The molecule has 0 amide bonds. The van der Waals surface area contributed by atoms with Gasteiger partial charge in [-0.15, -0.1) is 5.06 Å². The van der Waals surface area contributed by atoms with Gasteiger partial charge in [0.15, 0.2) is 6.19 Å². The highest BCUT2D eigenvalue weighted by molar-refractivity contribution is 6.30. The number of benzene rings is 3. The molecule has 3 aromatic rings. The van der Waals surface area contributed by atoms with Crippen LogP contribution in [-0.4, -0.2) is 5.97 Å². The zero-order valence-electron chi connectivity index (χ0n) is 16.2. The summed E-state index contributed by atoms with van der Waals surface area (Å²) in [7, 11) is 0. The summed E-state index contributed by atoms with van der Waals surface area (Å²) < 4.78 is 0. The molecule has 0 aliphatic heterocycles. The molecule has 31 heavy (non-hydrogen) atoms. The maximum Gasteiger partial charge on any atom is 0.336 e. The summed E-state index contributed by atoms with van der Waals surface area (Å²) >= 11 is 11.8. The van der Waals surface area contributed by atoms with Crippen LogP contribution < -0.4 is 9.96 Å². The van der Waals surface area contributed by atoms with Crippen LogP contribution in [0.5, 0.6) is 0 Å². The molecule has 1 atom stereocenters. The molecule has 0 aliphatic rings. The number of hydrogen-bond donors (Lipinski definition) is 0. The minimum Gasteiger partial charge on any atom is -0.326 e. The summed E-state index contributed by atoms with van der Waals surface area (Å²) in [6.07, 6.45) is 3.78. The summed E-state index contributed by atoms with van der Waals surface area (Å²) in [6, 6.07) is 21.5. The Morgan fingerprint density at radius 1 is 0.839 bits per heavy atom. The molecule has 3 aromatic carbocycles. The van der Waals surface area contributed by atoms with Crippen molar-refractivity contribution in [2.75, 3.05) is 9.96 Å². The molecule has 0 aliphatic carbocycles. The van der Waals surface area contributed by atoms with Crippen molar-refractivity contribution in [2.45, 2.75) is 12.5 Å². The number of carbonyl (C=O) groups excluding carboxylic acids is 1. The fraction of sp³-hybridized carbons (Fsp3) is 0.0870. The lowest BCUT2D eigenvalue weighted by Gasteiger charge is -2.27. The third-order valence-electron chi connectivity index (χ3n) is 4.41. The van der Waals surface area contributed by atoms with Gasteiger partial charge in [-0.3, -0.25) is 4.90 Å². The Bertz CT molecular complexity index is 1110. The quantitative estimate of drug-likeness (QED) is 0.254. The van der Waals surface area contributed by atoms with E-state index in [1.54, 1.807) is 48.5 Å². The number of rotatable bonds is 7. The Hall–Kier alpha value is -3.71. The van der Waals surface area contributed by atoms with Crippen molar-refractivity contribution < 1.29 is 9.63 Å². The van der Waals surface area contributed by atoms with E-state index in [1.807, 2.05) is 36.5 Å². The second kappa shape index (κ2) is 10.4. The molecule has 0 saturated heterocycles. The lowest BCUT2D eigenvalue weighted by Crippen LogP contribution is -2.29. The lowest BCUT2D eigenvalue weighted by atomic mass is 10.0. The first-order valence-corrected chi connectivity index (χ1v) is 9.93. The van der Waals surface area contributed by atoms with Gasteiger partial charge in [0.2, 0.25) is 6.19 Å².